The van der Waals surface area contributed by atoms with Crippen LogP contribution >= 0.6 is 12.4 Å². The van der Waals surface area contributed by atoms with Crippen molar-refractivity contribution in [3.8, 4) is 17.2 Å². The number of ketones is 1. The van der Waals surface area contributed by atoms with Crippen molar-refractivity contribution in [2.75, 3.05) is 19.7 Å². The van der Waals surface area contributed by atoms with E-state index in [4.69, 9.17) is 9.15 Å². The zero-order valence-corrected chi connectivity index (χ0v) is 20.0. The number of hydrogen-bond acceptors (Lipinski definition) is 5. The van der Waals surface area contributed by atoms with Gasteiger partial charge in [0.05, 0.1) is 12.3 Å². The molecule has 0 amide bonds. The first kappa shape index (κ1) is 24.7. The molecule has 0 unspecified atom stereocenters. The molecule has 2 aromatic carbocycles. The average molecular weight is 467 g/mol. The fourth-order valence-corrected chi connectivity index (χ4v) is 4.08. The van der Waals surface area contributed by atoms with E-state index in [2.05, 4.69) is 22.4 Å². The van der Waals surface area contributed by atoms with E-state index in [0.29, 0.717) is 18.9 Å². The summed E-state index contributed by atoms with van der Waals surface area (Å²) in [5.74, 6) is 2.54. The Bertz CT molecular complexity index is 1090. The second-order valence-electron chi connectivity index (χ2n) is 8.20. The SMILES string of the molecule is CC(=O)C1=C(CCc2ccc(OCCc3nc(-c4ccccc4)oc3C)cc2)CNCC1.Cl. The molecule has 1 aromatic heterocycles. The van der Waals surface area contributed by atoms with Crippen LogP contribution in [0.2, 0.25) is 0 Å². The van der Waals surface area contributed by atoms with Gasteiger partial charge in [-0.1, -0.05) is 30.3 Å². The third-order valence-corrected chi connectivity index (χ3v) is 5.90. The van der Waals surface area contributed by atoms with Crippen LogP contribution in [0.25, 0.3) is 11.5 Å². The second kappa shape index (κ2) is 11.8. The highest BCUT2D eigenvalue weighted by molar-refractivity contribution is 5.94. The fourth-order valence-electron chi connectivity index (χ4n) is 4.08. The van der Waals surface area contributed by atoms with Crippen LogP contribution in [0.5, 0.6) is 5.75 Å². The number of carbonyl (C=O) groups excluding carboxylic acids is 1. The normalized spacial score (nSPS) is 13.5. The molecule has 33 heavy (non-hydrogen) atoms. The predicted octanol–water partition coefficient (Wildman–Crippen LogP) is 5.50. The summed E-state index contributed by atoms with van der Waals surface area (Å²) < 4.78 is 11.8. The number of halogens is 1. The highest BCUT2D eigenvalue weighted by atomic mass is 35.5. The van der Waals surface area contributed by atoms with Crippen molar-refractivity contribution in [2.45, 2.75) is 39.5 Å². The van der Waals surface area contributed by atoms with E-state index >= 15 is 0 Å². The van der Waals surface area contributed by atoms with Gasteiger partial charge < -0.3 is 14.5 Å². The van der Waals surface area contributed by atoms with Crippen molar-refractivity contribution in [3.63, 3.8) is 0 Å². The van der Waals surface area contributed by atoms with E-state index in [1.165, 1.54) is 11.1 Å². The Hall–Kier alpha value is -2.89. The van der Waals surface area contributed by atoms with Gasteiger partial charge in [-0.3, -0.25) is 4.79 Å². The zero-order valence-electron chi connectivity index (χ0n) is 19.2. The monoisotopic (exact) mass is 466 g/mol. The van der Waals surface area contributed by atoms with Crippen molar-refractivity contribution in [1.82, 2.24) is 10.3 Å². The molecule has 1 aliphatic rings. The number of rotatable bonds is 9. The van der Waals surface area contributed by atoms with Crippen LogP contribution in [-0.4, -0.2) is 30.5 Å². The molecule has 4 rings (SSSR count). The molecule has 5 nitrogen and oxygen atoms in total. The Labute approximate surface area is 201 Å². The minimum Gasteiger partial charge on any atom is -0.493 e. The summed E-state index contributed by atoms with van der Waals surface area (Å²) >= 11 is 0. The minimum atomic E-state index is 0. The number of hydrogen-bond donors (Lipinski definition) is 1. The molecule has 0 atom stereocenters. The molecular weight excluding hydrogens is 436 g/mol. The highest BCUT2D eigenvalue weighted by Crippen LogP contribution is 2.23. The van der Waals surface area contributed by atoms with E-state index in [1.807, 2.05) is 49.4 Å². The number of oxazole rings is 1. The Balaban J connectivity index is 0.00000306. The van der Waals surface area contributed by atoms with Crippen LogP contribution in [0, 0.1) is 6.92 Å². The summed E-state index contributed by atoms with van der Waals surface area (Å²) in [6, 6.07) is 18.2. The number of carbonyl (C=O) groups is 1. The molecule has 0 saturated carbocycles. The molecular formula is C27H31ClN2O3. The Morgan fingerprint density at radius 2 is 1.82 bits per heavy atom. The van der Waals surface area contributed by atoms with E-state index in [9.17, 15) is 4.79 Å². The molecule has 3 aromatic rings. The number of benzene rings is 2. The largest absolute Gasteiger partial charge is 0.493 e. The lowest BCUT2D eigenvalue weighted by Crippen LogP contribution is -2.27. The highest BCUT2D eigenvalue weighted by Gasteiger charge is 2.15. The number of nitrogens with zero attached hydrogens (tertiary/aromatic N) is 1. The summed E-state index contributed by atoms with van der Waals surface area (Å²) in [6.45, 7) is 5.88. The molecule has 6 heteroatoms. The maximum absolute atomic E-state index is 11.9. The maximum Gasteiger partial charge on any atom is 0.226 e. The lowest BCUT2D eigenvalue weighted by molar-refractivity contribution is -0.113. The van der Waals surface area contributed by atoms with Crippen molar-refractivity contribution in [3.05, 3.63) is 82.8 Å². The van der Waals surface area contributed by atoms with Gasteiger partial charge in [0.1, 0.15) is 11.5 Å². The molecule has 1 aliphatic heterocycles. The van der Waals surface area contributed by atoms with Crippen LogP contribution in [0.3, 0.4) is 0 Å². The Morgan fingerprint density at radius 1 is 1.06 bits per heavy atom. The van der Waals surface area contributed by atoms with Gasteiger partial charge in [-0.2, -0.15) is 0 Å². The molecule has 174 valence electrons. The second-order valence-corrected chi connectivity index (χ2v) is 8.20. The van der Waals surface area contributed by atoms with Crippen LogP contribution in [0.15, 0.2) is 70.2 Å². The molecule has 0 saturated heterocycles. The molecule has 0 radical (unpaired) electrons. The van der Waals surface area contributed by atoms with Crippen LogP contribution in [0.4, 0.5) is 0 Å². The van der Waals surface area contributed by atoms with Crippen LogP contribution in [-0.2, 0) is 17.6 Å². The molecule has 1 N–H and O–H groups in total. The quantitative estimate of drug-likeness (QED) is 0.450. The first-order chi connectivity index (χ1) is 15.6. The number of aryl methyl sites for hydroxylation is 2. The fraction of sp³-hybridized carbons (Fsp3) is 0.333. The third-order valence-electron chi connectivity index (χ3n) is 5.90. The summed E-state index contributed by atoms with van der Waals surface area (Å²) in [4.78, 5) is 16.5. The smallest absolute Gasteiger partial charge is 0.226 e. The van der Waals surface area contributed by atoms with Crippen LogP contribution in [0.1, 0.15) is 36.8 Å². The van der Waals surface area contributed by atoms with Crippen molar-refractivity contribution in [2.24, 2.45) is 0 Å². The van der Waals surface area contributed by atoms with Gasteiger partial charge in [0, 0.05) is 18.5 Å². The lowest BCUT2D eigenvalue weighted by atomic mass is 9.93. The van der Waals surface area contributed by atoms with Gasteiger partial charge >= 0.3 is 0 Å². The topological polar surface area (TPSA) is 64.4 Å². The van der Waals surface area contributed by atoms with Gasteiger partial charge in [-0.05, 0) is 80.6 Å². The average Bonchev–Trinajstić information content (AvgIpc) is 3.19. The molecule has 0 aliphatic carbocycles. The van der Waals surface area contributed by atoms with E-state index < -0.39 is 0 Å². The lowest BCUT2D eigenvalue weighted by Gasteiger charge is -2.20. The number of ether oxygens (including phenoxy) is 1. The molecule has 0 bridgehead atoms. The van der Waals surface area contributed by atoms with E-state index in [-0.39, 0.29) is 18.2 Å². The van der Waals surface area contributed by atoms with Crippen molar-refractivity contribution >= 4 is 18.2 Å². The van der Waals surface area contributed by atoms with Crippen molar-refractivity contribution < 1.29 is 13.9 Å². The molecule has 2 heterocycles. The van der Waals surface area contributed by atoms with E-state index in [0.717, 1.165) is 60.7 Å². The molecule has 0 spiro atoms. The van der Waals surface area contributed by atoms with Gasteiger partial charge in [0.25, 0.3) is 0 Å². The van der Waals surface area contributed by atoms with Crippen molar-refractivity contribution in [1.29, 1.82) is 0 Å². The Morgan fingerprint density at radius 3 is 2.55 bits per heavy atom. The number of aromatic nitrogens is 1. The first-order valence-corrected chi connectivity index (χ1v) is 11.3. The number of nitrogens with one attached hydrogen (secondary N) is 1. The standard InChI is InChI=1S/C27H30N2O3.ClH/c1-19(30)25-14-16-28-18-23(25)11-8-21-9-12-24(13-10-21)31-17-15-26-20(2)32-27(29-26)22-6-4-3-5-7-22;/h3-7,9-10,12-13,28H,8,11,14-18H2,1-2H3;1H. The van der Waals surface area contributed by atoms with Gasteiger partial charge in [0.15, 0.2) is 5.78 Å². The summed E-state index contributed by atoms with van der Waals surface area (Å²) in [6.07, 6.45) is 3.37. The minimum absolute atomic E-state index is 0. The summed E-state index contributed by atoms with van der Waals surface area (Å²) in [5, 5.41) is 3.37. The van der Waals surface area contributed by atoms with E-state index in [1.54, 1.807) is 6.92 Å². The Kier molecular flexibility index (Phi) is 8.87. The third kappa shape index (κ3) is 6.56. The van der Waals surface area contributed by atoms with Crippen LogP contribution < -0.4 is 10.1 Å². The van der Waals surface area contributed by atoms with Gasteiger partial charge in [0.2, 0.25) is 5.89 Å². The molecule has 0 fully saturated rings. The summed E-state index contributed by atoms with van der Waals surface area (Å²) in [7, 11) is 0. The zero-order chi connectivity index (χ0) is 22.3. The predicted molar refractivity (Wildman–Crippen MR) is 133 cm³/mol. The van der Waals surface area contributed by atoms with Gasteiger partial charge in [-0.15, -0.1) is 12.4 Å². The summed E-state index contributed by atoms with van der Waals surface area (Å²) in [5.41, 5.74) is 5.42. The maximum atomic E-state index is 11.9. The number of Topliss-reactive ketones (excluding diaryl/α,β-unsaturated/α-hetero) is 1. The van der Waals surface area contributed by atoms with Gasteiger partial charge in [-0.25, -0.2) is 4.98 Å². The first-order valence-electron chi connectivity index (χ1n) is 11.3.